The minimum Gasteiger partial charge on any atom is -0.497 e. The lowest BCUT2D eigenvalue weighted by Gasteiger charge is -2.43. The van der Waals surface area contributed by atoms with Crippen LogP contribution >= 0.6 is 0 Å². The van der Waals surface area contributed by atoms with E-state index in [1.807, 2.05) is 48.5 Å². The molecule has 164 valence electrons. The summed E-state index contributed by atoms with van der Waals surface area (Å²) in [7, 11) is 1.61. The molecule has 3 aromatic rings. The van der Waals surface area contributed by atoms with Crippen LogP contribution in [0.4, 0.5) is 11.4 Å². The highest BCUT2D eigenvalue weighted by molar-refractivity contribution is 6.07. The molecule has 0 saturated heterocycles. The van der Waals surface area contributed by atoms with Crippen molar-refractivity contribution < 1.29 is 19.2 Å². The lowest BCUT2D eigenvalue weighted by Crippen LogP contribution is -2.55. The number of para-hydroxylation sites is 1. The van der Waals surface area contributed by atoms with Gasteiger partial charge in [0.2, 0.25) is 0 Å². The third-order valence-electron chi connectivity index (χ3n) is 6.33. The van der Waals surface area contributed by atoms with Crippen molar-refractivity contribution >= 4 is 23.0 Å². The van der Waals surface area contributed by atoms with Gasteiger partial charge >= 0.3 is 5.72 Å². The second-order valence-electron chi connectivity index (χ2n) is 8.06. The first-order chi connectivity index (χ1) is 16.0. The van der Waals surface area contributed by atoms with Crippen LogP contribution in [0.3, 0.4) is 0 Å². The molecule has 1 N–H and O–H groups in total. The van der Waals surface area contributed by atoms with Gasteiger partial charge in [-0.25, -0.2) is 5.01 Å². The van der Waals surface area contributed by atoms with Gasteiger partial charge in [-0.05, 0) is 42.0 Å². The molecule has 3 heterocycles. The van der Waals surface area contributed by atoms with Crippen LogP contribution in [0.25, 0.3) is 0 Å². The number of fused-ring (bicyclic) bond motifs is 6. The first kappa shape index (κ1) is 19.3. The molecule has 33 heavy (non-hydrogen) atoms. The van der Waals surface area contributed by atoms with Crippen molar-refractivity contribution in [1.82, 2.24) is 5.01 Å². The zero-order valence-corrected chi connectivity index (χ0v) is 17.5. The van der Waals surface area contributed by atoms with Gasteiger partial charge < -0.3 is 14.8 Å². The fraction of sp³-hybridized carbons (Fsp3) is 0.167. The van der Waals surface area contributed by atoms with Gasteiger partial charge in [-0.1, -0.05) is 18.2 Å². The number of nitro groups is 1. The maximum Gasteiger partial charge on any atom is 0.306 e. The molecule has 0 bridgehead atoms. The smallest absolute Gasteiger partial charge is 0.306 e. The molecule has 1 spiro atoms. The predicted molar refractivity (Wildman–Crippen MR) is 119 cm³/mol. The second-order valence-corrected chi connectivity index (χ2v) is 8.06. The van der Waals surface area contributed by atoms with E-state index in [0.29, 0.717) is 23.4 Å². The zero-order valence-electron chi connectivity index (χ0n) is 17.5. The van der Waals surface area contributed by atoms with Crippen molar-refractivity contribution in [2.45, 2.75) is 18.2 Å². The number of methoxy groups -OCH3 is 1. The van der Waals surface area contributed by atoms with Crippen molar-refractivity contribution in [3.8, 4) is 11.5 Å². The molecule has 0 fully saturated rings. The zero-order chi connectivity index (χ0) is 22.7. The summed E-state index contributed by atoms with van der Waals surface area (Å²) >= 11 is 0. The Kier molecular flexibility index (Phi) is 3.97. The number of rotatable bonds is 3. The number of anilines is 1. The van der Waals surface area contributed by atoms with Crippen LogP contribution in [0.2, 0.25) is 0 Å². The summed E-state index contributed by atoms with van der Waals surface area (Å²) in [5.74, 6) is 0.855. The van der Waals surface area contributed by atoms with Crippen LogP contribution in [0, 0.1) is 10.1 Å². The van der Waals surface area contributed by atoms with Crippen molar-refractivity contribution in [2.75, 3.05) is 12.4 Å². The first-order valence-corrected chi connectivity index (χ1v) is 10.4. The summed E-state index contributed by atoms with van der Waals surface area (Å²) in [4.78, 5) is 24.4. The molecule has 0 radical (unpaired) electrons. The molecular formula is C24H18N4O5. The maximum absolute atomic E-state index is 13.4. The lowest BCUT2D eigenvalue weighted by molar-refractivity contribution is -0.385. The fourth-order valence-electron chi connectivity index (χ4n) is 4.75. The molecule has 3 aliphatic heterocycles. The van der Waals surface area contributed by atoms with E-state index in [-0.39, 0.29) is 11.7 Å². The number of benzene rings is 3. The van der Waals surface area contributed by atoms with Crippen LogP contribution in [0.1, 0.15) is 29.2 Å². The molecule has 9 heteroatoms. The molecule has 2 atom stereocenters. The SMILES string of the molecule is COc1ccc(C2=NN3[C@@H](C2)c2ccccc2O[C@]32C(=O)Nc3ccc([N+](=O)[O-])cc32)cc1. The highest BCUT2D eigenvalue weighted by Gasteiger charge is 2.61. The number of ether oxygens (including phenoxy) is 2. The number of nitro benzene ring substituents is 1. The van der Waals surface area contributed by atoms with Gasteiger partial charge in [0.25, 0.3) is 11.6 Å². The Bertz CT molecular complexity index is 1350. The summed E-state index contributed by atoms with van der Waals surface area (Å²) in [5, 5.41) is 20.8. The van der Waals surface area contributed by atoms with Crippen LogP contribution in [0.5, 0.6) is 11.5 Å². The minimum atomic E-state index is -1.64. The fourth-order valence-corrected chi connectivity index (χ4v) is 4.75. The number of hydrogen-bond donors (Lipinski definition) is 1. The number of nitrogens with zero attached hydrogens (tertiary/aromatic N) is 3. The van der Waals surface area contributed by atoms with E-state index < -0.39 is 16.6 Å². The topological polar surface area (TPSA) is 106 Å². The summed E-state index contributed by atoms with van der Waals surface area (Å²) in [6, 6.07) is 19.1. The quantitative estimate of drug-likeness (QED) is 0.486. The maximum atomic E-state index is 13.4. The normalized spacial score (nSPS) is 22.1. The van der Waals surface area contributed by atoms with Crippen molar-refractivity contribution in [2.24, 2.45) is 5.10 Å². The molecule has 3 aliphatic rings. The van der Waals surface area contributed by atoms with Gasteiger partial charge in [0, 0.05) is 24.1 Å². The molecule has 0 unspecified atom stereocenters. The van der Waals surface area contributed by atoms with E-state index in [4.69, 9.17) is 14.6 Å². The average Bonchev–Trinajstić information content (AvgIpc) is 3.40. The average molecular weight is 442 g/mol. The molecular weight excluding hydrogens is 424 g/mol. The number of nitrogens with one attached hydrogen (secondary N) is 1. The van der Waals surface area contributed by atoms with Gasteiger partial charge in [0.05, 0.1) is 35.0 Å². The van der Waals surface area contributed by atoms with E-state index in [2.05, 4.69) is 5.32 Å². The highest BCUT2D eigenvalue weighted by Crippen LogP contribution is 2.54. The first-order valence-electron chi connectivity index (χ1n) is 10.4. The third kappa shape index (κ3) is 2.65. The summed E-state index contributed by atoms with van der Waals surface area (Å²) in [6.07, 6.45) is 0.548. The lowest BCUT2D eigenvalue weighted by atomic mass is 9.92. The number of hydrazone groups is 1. The van der Waals surface area contributed by atoms with Crippen LogP contribution < -0.4 is 14.8 Å². The van der Waals surface area contributed by atoms with E-state index in [1.165, 1.54) is 18.2 Å². The van der Waals surface area contributed by atoms with Gasteiger partial charge in [0.15, 0.2) is 0 Å². The van der Waals surface area contributed by atoms with E-state index in [1.54, 1.807) is 12.1 Å². The van der Waals surface area contributed by atoms with Crippen LogP contribution in [-0.4, -0.2) is 28.7 Å². The summed E-state index contributed by atoms with van der Waals surface area (Å²) in [5.41, 5.74) is 1.67. The van der Waals surface area contributed by atoms with Gasteiger partial charge in [0.1, 0.15) is 11.5 Å². The largest absolute Gasteiger partial charge is 0.497 e. The number of hydrogen-bond acceptors (Lipinski definition) is 7. The Morgan fingerprint density at radius 1 is 1.18 bits per heavy atom. The predicted octanol–water partition coefficient (Wildman–Crippen LogP) is 3.95. The molecule has 9 nitrogen and oxygen atoms in total. The molecule has 3 aromatic carbocycles. The second kappa shape index (κ2) is 6.80. The third-order valence-corrected chi connectivity index (χ3v) is 6.33. The van der Waals surface area contributed by atoms with E-state index in [9.17, 15) is 14.9 Å². The van der Waals surface area contributed by atoms with Gasteiger partial charge in [-0.3, -0.25) is 14.9 Å². The molecule has 6 rings (SSSR count). The van der Waals surface area contributed by atoms with Crippen LogP contribution in [-0.2, 0) is 10.5 Å². The number of non-ortho nitro benzene ring substituents is 1. The van der Waals surface area contributed by atoms with Crippen molar-refractivity contribution in [1.29, 1.82) is 0 Å². The molecule has 0 aromatic heterocycles. The van der Waals surface area contributed by atoms with Gasteiger partial charge in [-0.2, -0.15) is 5.10 Å². The Hall–Kier alpha value is -4.40. The number of carbonyl (C=O) groups is 1. The Labute approximate surface area is 188 Å². The Morgan fingerprint density at radius 3 is 2.73 bits per heavy atom. The Morgan fingerprint density at radius 2 is 1.97 bits per heavy atom. The number of carbonyl (C=O) groups excluding carboxylic acids is 1. The minimum absolute atomic E-state index is 0.123. The summed E-state index contributed by atoms with van der Waals surface area (Å²) < 4.78 is 11.6. The molecule has 0 saturated carbocycles. The van der Waals surface area contributed by atoms with Crippen molar-refractivity contribution in [3.63, 3.8) is 0 Å². The van der Waals surface area contributed by atoms with E-state index in [0.717, 1.165) is 22.6 Å². The molecule has 1 amide bonds. The van der Waals surface area contributed by atoms with Gasteiger partial charge in [-0.15, -0.1) is 0 Å². The molecule has 0 aliphatic carbocycles. The van der Waals surface area contributed by atoms with E-state index >= 15 is 0 Å². The summed E-state index contributed by atoms with van der Waals surface area (Å²) in [6.45, 7) is 0. The standard InChI is InChI=1S/C24H18N4O5/c1-32-16-9-6-14(7-10-16)20-13-21-17-4-2-3-5-22(17)33-24(27(21)26-20)18-12-15(28(30)31)8-11-19(18)25-23(24)29/h2-12,21H,13H2,1H3,(H,25,29)/t21-,24+/m0/s1. The Balaban J connectivity index is 1.54. The monoisotopic (exact) mass is 442 g/mol. The van der Waals surface area contributed by atoms with Crippen LogP contribution in [0.15, 0.2) is 71.8 Å². The highest BCUT2D eigenvalue weighted by atomic mass is 16.6. The number of amides is 1. The van der Waals surface area contributed by atoms with Crippen molar-refractivity contribution in [3.05, 3.63) is 93.5 Å².